The second kappa shape index (κ2) is 10.7. The predicted molar refractivity (Wildman–Crippen MR) is 127 cm³/mol. The van der Waals surface area contributed by atoms with Crippen LogP contribution < -0.4 is 10.1 Å². The molecule has 4 heterocycles. The van der Waals surface area contributed by atoms with Crippen LogP contribution in [0.25, 0.3) is 10.9 Å². The summed E-state index contributed by atoms with van der Waals surface area (Å²) in [4.78, 5) is 38.3. The van der Waals surface area contributed by atoms with E-state index in [2.05, 4.69) is 20.3 Å². The fourth-order valence-electron chi connectivity index (χ4n) is 4.29. The van der Waals surface area contributed by atoms with Gasteiger partial charge in [-0.1, -0.05) is 24.4 Å². The van der Waals surface area contributed by atoms with Crippen LogP contribution in [0.1, 0.15) is 53.0 Å². The average molecular weight is 470 g/mol. The van der Waals surface area contributed by atoms with E-state index in [0.29, 0.717) is 47.7 Å². The summed E-state index contributed by atoms with van der Waals surface area (Å²) >= 11 is 6.02. The van der Waals surface area contributed by atoms with Crippen molar-refractivity contribution in [1.82, 2.24) is 25.2 Å². The Hall–Kier alpha value is -3.13. The third-order valence-corrected chi connectivity index (χ3v) is 6.34. The van der Waals surface area contributed by atoms with Crippen LogP contribution in [-0.4, -0.2) is 58.4 Å². The number of carbonyl (C=O) groups is 2. The van der Waals surface area contributed by atoms with Gasteiger partial charge in [-0.25, -0.2) is 4.98 Å². The third kappa shape index (κ3) is 5.63. The molecular weight excluding hydrogens is 442 g/mol. The number of rotatable bonds is 8. The van der Waals surface area contributed by atoms with E-state index in [9.17, 15) is 9.59 Å². The summed E-state index contributed by atoms with van der Waals surface area (Å²) in [5, 5.41) is 4.33. The van der Waals surface area contributed by atoms with Crippen LogP contribution in [0.4, 0.5) is 0 Å². The summed E-state index contributed by atoms with van der Waals surface area (Å²) in [6.07, 6.45) is 9.92. The van der Waals surface area contributed by atoms with E-state index in [4.69, 9.17) is 16.3 Å². The van der Waals surface area contributed by atoms with Crippen molar-refractivity contribution in [3.8, 4) is 5.88 Å². The molecule has 33 heavy (non-hydrogen) atoms. The molecule has 0 unspecified atom stereocenters. The Morgan fingerprint density at radius 1 is 1.24 bits per heavy atom. The fourth-order valence-corrected chi connectivity index (χ4v) is 4.45. The van der Waals surface area contributed by atoms with E-state index in [1.807, 2.05) is 17.0 Å². The summed E-state index contributed by atoms with van der Waals surface area (Å²) in [6, 6.07) is 5.29. The highest BCUT2D eigenvalue weighted by molar-refractivity contribution is 6.30. The number of aromatic nitrogens is 3. The van der Waals surface area contributed by atoms with Gasteiger partial charge in [0.1, 0.15) is 11.3 Å². The molecule has 0 radical (unpaired) electrons. The molecule has 0 bridgehead atoms. The van der Waals surface area contributed by atoms with Crippen molar-refractivity contribution in [3.05, 3.63) is 53.1 Å². The van der Waals surface area contributed by atoms with E-state index in [1.165, 1.54) is 13.3 Å². The van der Waals surface area contributed by atoms with Gasteiger partial charge in [-0.15, -0.1) is 0 Å². The summed E-state index contributed by atoms with van der Waals surface area (Å²) in [5.74, 6) is 0.711. The number of amides is 2. The normalized spacial score (nSPS) is 14.4. The molecule has 0 spiro atoms. The first-order valence-corrected chi connectivity index (χ1v) is 11.6. The number of piperidine rings is 1. The molecule has 3 aromatic heterocycles. The zero-order valence-electron chi connectivity index (χ0n) is 18.6. The molecule has 1 saturated heterocycles. The average Bonchev–Trinajstić information content (AvgIpc) is 3.28. The van der Waals surface area contributed by atoms with Crippen molar-refractivity contribution in [2.75, 3.05) is 26.7 Å². The standard InChI is InChI=1S/C24H28ClN5O3/c1-33-23-19(13-18(25)15-28-23)24(32)30-10-6-16(7-11-30)4-2-3-8-27-22(31)21-12-17-14-26-9-5-20(17)29-21/h5,9,12-16,29H,2-4,6-8,10-11H2,1H3,(H,27,31). The van der Waals surface area contributed by atoms with Gasteiger partial charge in [-0.05, 0) is 43.4 Å². The number of methoxy groups -OCH3 is 1. The number of unbranched alkanes of at least 4 members (excludes halogenated alkanes) is 1. The van der Waals surface area contributed by atoms with E-state index in [0.717, 1.165) is 43.0 Å². The van der Waals surface area contributed by atoms with Gasteiger partial charge in [-0.2, -0.15) is 0 Å². The van der Waals surface area contributed by atoms with Crippen molar-refractivity contribution in [3.63, 3.8) is 0 Å². The van der Waals surface area contributed by atoms with Crippen LogP contribution >= 0.6 is 11.6 Å². The minimum atomic E-state index is -0.0936. The molecule has 0 aromatic carbocycles. The lowest BCUT2D eigenvalue weighted by molar-refractivity contribution is 0.0681. The Labute approximate surface area is 197 Å². The SMILES string of the molecule is COc1ncc(Cl)cc1C(=O)N1CCC(CCCCNC(=O)c2cc3cnccc3[nH]2)CC1. The van der Waals surface area contributed by atoms with E-state index < -0.39 is 0 Å². The molecule has 0 saturated carbocycles. The maximum absolute atomic E-state index is 12.9. The first-order valence-electron chi connectivity index (χ1n) is 11.2. The number of halogens is 1. The van der Waals surface area contributed by atoms with Crippen molar-refractivity contribution in [2.24, 2.45) is 5.92 Å². The lowest BCUT2D eigenvalue weighted by Gasteiger charge is -2.32. The molecule has 174 valence electrons. The van der Waals surface area contributed by atoms with Gasteiger partial charge in [0.05, 0.1) is 12.1 Å². The molecule has 1 fully saturated rings. The number of aromatic amines is 1. The van der Waals surface area contributed by atoms with Crippen LogP contribution in [-0.2, 0) is 0 Å². The number of hydrogen-bond acceptors (Lipinski definition) is 5. The topological polar surface area (TPSA) is 100 Å². The Bertz CT molecular complexity index is 1090. The van der Waals surface area contributed by atoms with Gasteiger partial charge in [0.25, 0.3) is 11.8 Å². The van der Waals surface area contributed by atoms with Crippen LogP contribution in [0, 0.1) is 5.92 Å². The van der Waals surface area contributed by atoms with Crippen LogP contribution in [0.15, 0.2) is 36.8 Å². The van der Waals surface area contributed by atoms with Gasteiger partial charge in [0.15, 0.2) is 0 Å². The number of nitrogens with one attached hydrogen (secondary N) is 2. The summed E-state index contributed by atoms with van der Waals surface area (Å²) in [5.41, 5.74) is 1.87. The lowest BCUT2D eigenvalue weighted by Crippen LogP contribution is -2.38. The maximum atomic E-state index is 12.9. The molecule has 2 N–H and O–H groups in total. The van der Waals surface area contributed by atoms with Crippen LogP contribution in [0.2, 0.25) is 5.02 Å². The quantitative estimate of drug-likeness (QED) is 0.484. The zero-order chi connectivity index (χ0) is 23.2. The van der Waals surface area contributed by atoms with Gasteiger partial charge in [0, 0.05) is 49.1 Å². The van der Waals surface area contributed by atoms with Gasteiger partial charge in [-0.3, -0.25) is 14.6 Å². The van der Waals surface area contributed by atoms with Crippen molar-refractivity contribution in [2.45, 2.75) is 32.1 Å². The number of carbonyl (C=O) groups excluding carboxylic acids is 2. The number of ether oxygens (including phenoxy) is 1. The van der Waals surface area contributed by atoms with E-state index in [-0.39, 0.29) is 11.8 Å². The van der Waals surface area contributed by atoms with E-state index in [1.54, 1.807) is 18.5 Å². The van der Waals surface area contributed by atoms with Gasteiger partial charge >= 0.3 is 0 Å². The van der Waals surface area contributed by atoms with E-state index >= 15 is 0 Å². The highest BCUT2D eigenvalue weighted by atomic mass is 35.5. The predicted octanol–water partition coefficient (Wildman–Crippen LogP) is 4.07. The number of H-pyrrole nitrogens is 1. The van der Waals surface area contributed by atoms with Crippen LogP contribution in [0.3, 0.4) is 0 Å². The molecule has 9 heteroatoms. The zero-order valence-corrected chi connectivity index (χ0v) is 19.4. The first-order chi connectivity index (χ1) is 16.0. The summed E-state index contributed by atoms with van der Waals surface area (Å²) in [6.45, 7) is 2.07. The highest BCUT2D eigenvalue weighted by Gasteiger charge is 2.26. The molecule has 4 rings (SSSR count). The monoisotopic (exact) mass is 469 g/mol. The minimum absolute atomic E-state index is 0.0872. The maximum Gasteiger partial charge on any atom is 0.267 e. The Morgan fingerprint density at radius 2 is 2.06 bits per heavy atom. The number of hydrogen-bond donors (Lipinski definition) is 2. The van der Waals surface area contributed by atoms with Crippen LogP contribution in [0.5, 0.6) is 5.88 Å². The minimum Gasteiger partial charge on any atom is -0.480 e. The third-order valence-electron chi connectivity index (χ3n) is 6.13. The van der Waals surface area contributed by atoms with Crippen molar-refractivity contribution in [1.29, 1.82) is 0 Å². The molecule has 0 atom stereocenters. The summed E-state index contributed by atoms with van der Waals surface area (Å²) < 4.78 is 5.22. The first kappa shape index (κ1) is 23.0. The summed E-state index contributed by atoms with van der Waals surface area (Å²) in [7, 11) is 1.50. The lowest BCUT2D eigenvalue weighted by atomic mass is 9.91. The number of likely N-dealkylation sites (tertiary alicyclic amines) is 1. The number of nitrogens with zero attached hydrogens (tertiary/aromatic N) is 3. The second-order valence-electron chi connectivity index (χ2n) is 8.34. The molecule has 1 aliphatic rings. The smallest absolute Gasteiger partial charge is 0.267 e. The van der Waals surface area contributed by atoms with Gasteiger partial charge < -0.3 is 19.9 Å². The second-order valence-corrected chi connectivity index (χ2v) is 8.78. The molecule has 2 amide bonds. The van der Waals surface area contributed by atoms with Crippen molar-refractivity contribution < 1.29 is 14.3 Å². The molecular formula is C24H28ClN5O3. The Balaban J connectivity index is 1.16. The fraction of sp³-hybridized carbons (Fsp3) is 0.417. The molecule has 3 aromatic rings. The molecule has 8 nitrogen and oxygen atoms in total. The Morgan fingerprint density at radius 3 is 2.82 bits per heavy atom. The largest absolute Gasteiger partial charge is 0.480 e. The van der Waals surface area contributed by atoms with Gasteiger partial charge in [0.2, 0.25) is 5.88 Å². The van der Waals surface area contributed by atoms with Crippen molar-refractivity contribution >= 4 is 34.3 Å². The Kier molecular flexibility index (Phi) is 7.44. The number of fused-ring (bicyclic) bond motifs is 1. The molecule has 1 aliphatic heterocycles. The number of pyridine rings is 2. The molecule has 0 aliphatic carbocycles. The highest BCUT2D eigenvalue weighted by Crippen LogP contribution is 2.26.